The number of nitrogens with one attached hydrogen (secondary N) is 1. The Kier molecular flexibility index (Phi) is 22.3. The van der Waals surface area contributed by atoms with Gasteiger partial charge in [0.1, 0.15) is 12.1 Å². The van der Waals surface area contributed by atoms with Gasteiger partial charge < -0.3 is 55.3 Å². The van der Waals surface area contributed by atoms with Crippen molar-refractivity contribution in [3.05, 3.63) is 18.2 Å². The van der Waals surface area contributed by atoms with E-state index in [1.807, 2.05) is 0 Å². The summed E-state index contributed by atoms with van der Waals surface area (Å²) in [6.45, 7) is 0.371. The number of rotatable bonds is 22. The highest BCUT2D eigenvalue weighted by atomic mass is 16.4. The first kappa shape index (κ1) is 43.1. The van der Waals surface area contributed by atoms with Crippen LogP contribution in [0.1, 0.15) is 63.5 Å². The van der Waals surface area contributed by atoms with E-state index in [1.165, 1.54) is 12.5 Å². The third-order valence-electron chi connectivity index (χ3n) is 7.02. The molecule has 19 heteroatoms. The van der Waals surface area contributed by atoms with Gasteiger partial charge >= 0.3 is 11.9 Å². The fraction of sp³-hybridized carbons (Fsp3) is 0.679. The van der Waals surface area contributed by atoms with Gasteiger partial charge in [0.05, 0.1) is 37.2 Å². The smallest absolute Gasteiger partial charge is 0.327 e. The number of carbonyl (C=O) groups is 6. The third-order valence-corrected chi connectivity index (χ3v) is 7.02. The summed E-state index contributed by atoms with van der Waals surface area (Å²) in [6, 6.07) is -4.66. The summed E-state index contributed by atoms with van der Waals surface area (Å²) < 4.78 is 0. The molecule has 0 aliphatic rings. The van der Waals surface area contributed by atoms with Crippen LogP contribution in [0, 0.1) is 0 Å². The van der Waals surface area contributed by atoms with E-state index < -0.39 is 72.8 Å². The lowest BCUT2D eigenvalue weighted by Crippen LogP contribution is -2.58. The number of H-pyrrole nitrogens is 1. The van der Waals surface area contributed by atoms with Crippen LogP contribution >= 0.6 is 0 Å². The highest BCUT2D eigenvalue weighted by Crippen LogP contribution is 2.16. The van der Waals surface area contributed by atoms with Crippen molar-refractivity contribution in [2.24, 2.45) is 40.1 Å². The van der Waals surface area contributed by atoms with Crippen molar-refractivity contribution >= 4 is 35.6 Å². The first-order valence-electron chi connectivity index (χ1n) is 15.5. The van der Waals surface area contributed by atoms with Gasteiger partial charge in [0.2, 0.25) is 23.6 Å². The number of imidazole rings is 1. The standard InChI is InChI=1S/C18H38N6O4.C10H15N5O4/c19-10-4-1-7-13(22)16(25)24(15(18(27)28)9-3-6-12-21)17(26)14(23)8-2-5-11-20;11-2-8(16)15(9(17)3-12)7(10(18)19)1-6-4-13-5-14-6/h13-15H,1-12,19-23H2,(H,27,28);4-5,7H,1-3,11-12H2,(H,13,14)(H,18,19). The molecule has 0 radical (unpaired) electrons. The maximum Gasteiger partial charge on any atom is 0.327 e. The van der Waals surface area contributed by atoms with Crippen molar-refractivity contribution in [3.8, 4) is 0 Å². The summed E-state index contributed by atoms with van der Waals surface area (Å²) in [7, 11) is 0. The number of hydrogen-bond acceptors (Lipinski definition) is 14. The van der Waals surface area contributed by atoms with E-state index in [0.29, 0.717) is 81.6 Å². The normalized spacial score (nSPS) is 13.3. The molecule has 47 heavy (non-hydrogen) atoms. The van der Waals surface area contributed by atoms with Crippen LogP contribution in [0.5, 0.6) is 0 Å². The number of nitrogens with zero attached hydrogens (tertiary/aromatic N) is 3. The van der Waals surface area contributed by atoms with Crippen LogP contribution in [0.15, 0.2) is 12.5 Å². The average Bonchev–Trinajstić information content (AvgIpc) is 3.57. The van der Waals surface area contributed by atoms with Gasteiger partial charge in [-0.15, -0.1) is 0 Å². The Morgan fingerprint density at radius 3 is 1.43 bits per heavy atom. The van der Waals surface area contributed by atoms with Gasteiger partial charge in [-0.05, 0) is 64.6 Å². The molecule has 0 bridgehead atoms. The number of carboxylic acids is 2. The van der Waals surface area contributed by atoms with Crippen molar-refractivity contribution in [2.75, 3.05) is 32.7 Å². The van der Waals surface area contributed by atoms with Crippen molar-refractivity contribution in [3.63, 3.8) is 0 Å². The van der Waals surface area contributed by atoms with Crippen LogP contribution in [0.4, 0.5) is 0 Å². The van der Waals surface area contributed by atoms with Gasteiger partial charge in [-0.3, -0.25) is 29.0 Å². The molecule has 19 nitrogen and oxygen atoms in total. The summed E-state index contributed by atoms with van der Waals surface area (Å²) in [4.78, 5) is 79.9. The maximum atomic E-state index is 12.9. The molecule has 0 saturated carbocycles. The molecule has 0 fully saturated rings. The Labute approximate surface area is 273 Å². The van der Waals surface area contributed by atoms with E-state index in [-0.39, 0.29) is 12.8 Å². The maximum absolute atomic E-state index is 12.9. The predicted molar refractivity (Wildman–Crippen MR) is 172 cm³/mol. The molecule has 17 N–H and O–H groups in total. The molecule has 1 aromatic rings. The Morgan fingerprint density at radius 1 is 0.660 bits per heavy atom. The Bertz CT molecular complexity index is 1060. The molecule has 0 aliphatic carbocycles. The van der Waals surface area contributed by atoms with Crippen LogP contribution in [0.2, 0.25) is 0 Å². The molecule has 0 saturated heterocycles. The fourth-order valence-electron chi connectivity index (χ4n) is 4.46. The lowest BCUT2D eigenvalue weighted by atomic mass is 10.0. The second-order valence-corrected chi connectivity index (χ2v) is 10.7. The first-order chi connectivity index (χ1) is 22.3. The second kappa shape index (κ2) is 24.3. The number of aromatic nitrogens is 2. The summed E-state index contributed by atoms with van der Waals surface area (Å²) in [6.07, 6.45) is 7.12. The summed E-state index contributed by atoms with van der Waals surface area (Å²) in [5.74, 6) is -5.60. The second-order valence-electron chi connectivity index (χ2n) is 10.7. The van der Waals surface area contributed by atoms with E-state index >= 15 is 0 Å². The molecule has 268 valence electrons. The molecular formula is C28H53N11O8. The Hall–Kier alpha value is -3.85. The summed E-state index contributed by atoms with van der Waals surface area (Å²) in [5.41, 5.74) is 39.0. The molecule has 0 spiro atoms. The zero-order chi connectivity index (χ0) is 35.9. The van der Waals surface area contributed by atoms with Crippen molar-refractivity contribution < 1.29 is 39.0 Å². The number of hydrogen-bond donors (Lipinski definition) is 10. The number of aromatic amines is 1. The van der Waals surface area contributed by atoms with Gasteiger partial charge in [0, 0.05) is 12.6 Å². The Balaban J connectivity index is 0.000000966. The van der Waals surface area contributed by atoms with Crippen LogP contribution < -0.4 is 40.1 Å². The number of amides is 4. The molecule has 0 aliphatic heterocycles. The largest absolute Gasteiger partial charge is 0.480 e. The Morgan fingerprint density at radius 2 is 1.09 bits per heavy atom. The first-order valence-corrected chi connectivity index (χ1v) is 15.5. The van der Waals surface area contributed by atoms with Gasteiger partial charge in [0.25, 0.3) is 0 Å². The zero-order valence-corrected chi connectivity index (χ0v) is 26.8. The van der Waals surface area contributed by atoms with Gasteiger partial charge in [-0.2, -0.15) is 0 Å². The van der Waals surface area contributed by atoms with E-state index in [9.17, 15) is 33.9 Å². The quantitative estimate of drug-likeness (QED) is 0.0535. The minimum atomic E-state index is -1.38. The number of carbonyl (C=O) groups excluding carboxylic acids is 4. The van der Waals surface area contributed by atoms with E-state index in [4.69, 9.17) is 45.2 Å². The molecule has 0 aromatic carbocycles. The van der Waals surface area contributed by atoms with E-state index in [1.54, 1.807) is 0 Å². The van der Waals surface area contributed by atoms with E-state index in [0.717, 1.165) is 4.90 Å². The van der Waals surface area contributed by atoms with Crippen LogP contribution in [0.3, 0.4) is 0 Å². The summed E-state index contributed by atoms with van der Waals surface area (Å²) >= 11 is 0. The molecule has 4 amide bonds. The number of imide groups is 2. The monoisotopic (exact) mass is 671 g/mol. The minimum absolute atomic E-state index is 0.106. The molecule has 1 aromatic heterocycles. The van der Waals surface area contributed by atoms with Crippen molar-refractivity contribution in [2.45, 2.75) is 88.4 Å². The van der Waals surface area contributed by atoms with Gasteiger partial charge in [-0.1, -0.05) is 12.8 Å². The molecule has 1 heterocycles. The van der Waals surface area contributed by atoms with Crippen LogP contribution in [0.25, 0.3) is 0 Å². The van der Waals surface area contributed by atoms with Gasteiger partial charge in [0.15, 0.2) is 0 Å². The topological polar surface area (TPSA) is 360 Å². The third kappa shape index (κ3) is 15.5. The predicted octanol–water partition coefficient (Wildman–Crippen LogP) is -3.49. The van der Waals surface area contributed by atoms with Crippen molar-refractivity contribution in [1.82, 2.24) is 19.8 Å². The number of aliphatic carboxylic acids is 2. The SMILES string of the molecule is NCC(=O)N(C(=O)CN)C(Cc1c[nH]cn1)C(=O)O.NCCCCC(N)C(=O)N(C(=O)C(N)CCCCN)C(CCCCN)C(=O)O. The average molecular weight is 672 g/mol. The highest BCUT2D eigenvalue weighted by Gasteiger charge is 2.38. The van der Waals surface area contributed by atoms with Crippen LogP contribution in [-0.2, 0) is 35.2 Å². The minimum Gasteiger partial charge on any atom is -0.480 e. The molecule has 4 unspecified atom stereocenters. The van der Waals surface area contributed by atoms with Crippen molar-refractivity contribution in [1.29, 1.82) is 0 Å². The summed E-state index contributed by atoms with van der Waals surface area (Å²) in [5, 5.41) is 18.8. The number of unbranched alkanes of at least 4 members (excludes halogenated alkanes) is 3. The van der Waals surface area contributed by atoms with Gasteiger partial charge in [-0.25, -0.2) is 14.6 Å². The number of carboxylic acid groups (broad SMARTS) is 2. The fourth-order valence-corrected chi connectivity index (χ4v) is 4.46. The lowest BCUT2D eigenvalue weighted by molar-refractivity contribution is -0.159. The highest BCUT2D eigenvalue weighted by molar-refractivity contribution is 6.03. The van der Waals surface area contributed by atoms with E-state index in [2.05, 4.69) is 9.97 Å². The molecule has 1 rings (SSSR count). The molecule has 4 atom stereocenters. The van der Waals surface area contributed by atoms with Crippen LogP contribution in [-0.4, -0.2) is 122 Å². The zero-order valence-electron chi connectivity index (χ0n) is 26.8. The lowest BCUT2D eigenvalue weighted by Gasteiger charge is -2.31. The number of nitrogens with two attached hydrogens (primary N) is 7. The molecular weight excluding hydrogens is 618 g/mol.